The second-order valence-corrected chi connectivity index (χ2v) is 5.78. The number of hydrogen-bond acceptors (Lipinski definition) is 5. The number of benzene rings is 1. The highest BCUT2D eigenvalue weighted by molar-refractivity contribution is 9.10. The van der Waals surface area contributed by atoms with E-state index in [2.05, 4.69) is 32.1 Å². The van der Waals surface area contributed by atoms with Crippen LogP contribution in [0.3, 0.4) is 0 Å². The monoisotopic (exact) mass is 327 g/mol. The van der Waals surface area contributed by atoms with Crippen LogP contribution in [0.2, 0.25) is 0 Å². The largest absolute Gasteiger partial charge is 0.339 e. The standard InChI is InChI=1S/C12H14BrN3OS/c1-8(6-14)12-15-11(16-17-12)7-18-10-5-3-2-4-9(10)13/h2-5,8H,6-7,14H2,1H3. The zero-order valence-electron chi connectivity index (χ0n) is 9.97. The van der Waals surface area contributed by atoms with Gasteiger partial charge in [-0.1, -0.05) is 24.2 Å². The lowest BCUT2D eigenvalue weighted by Gasteiger charge is -2.01. The minimum Gasteiger partial charge on any atom is -0.339 e. The molecule has 0 bridgehead atoms. The molecular formula is C12H14BrN3OS. The van der Waals surface area contributed by atoms with Crippen LogP contribution < -0.4 is 5.73 Å². The van der Waals surface area contributed by atoms with E-state index in [-0.39, 0.29) is 5.92 Å². The van der Waals surface area contributed by atoms with Crippen molar-refractivity contribution in [2.24, 2.45) is 5.73 Å². The van der Waals surface area contributed by atoms with Gasteiger partial charge in [-0.05, 0) is 28.1 Å². The summed E-state index contributed by atoms with van der Waals surface area (Å²) in [7, 11) is 0. The van der Waals surface area contributed by atoms with Crippen molar-refractivity contribution in [1.82, 2.24) is 10.1 Å². The third kappa shape index (κ3) is 3.34. The van der Waals surface area contributed by atoms with Gasteiger partial charge >= 0.3 is 0 Å². The first-order valence-corrected chi connectivity index (χ1v) is 7.38. The van der Waals surface area contributed by atoms with Crippen molar-refractivity contribution >= 4 is 27.7 Å². The molecule has 2 rings (SSSR count). The molecule has 1 unspecified atom stereocenters. The van der Waals surface area contributed by atoms with Gasteiger partial charge < -0.3 is 10.3 Å². The Morgan fingerprint density at radius 2 is 2.22 bits per heavy atom. The van der Waals surface area contributed by atoms with Crippen LogP contribution in [0.5, 0.6) is 0 Å². The molecule has 0 aliphatic heterocycles. The van der Waals surface area contributed by atoms with E-state index in [1.807, 2.05) is 25.1 Å². The molecule has 0 aliphatic carbocycles. The molecule has 1 aromatic heterocycles. The van der Waals surface area contributed by atoms with Crippen LogP contribution in [-0.4, -0.2) is 16.7 Å². The number of halogens is 1. The fourth-order valence-corrected chi connectivity index (χ4v) is 2.74. The van der Waals surface area contributed by atoms with Gasteiger partial charge in [0.1, 0.15) is 0 Å². The van der Waals surface area contributed by atoms with Gasteiger partial charge in [0, 0.05) is 21.8 Å². The van der Waals surface area contributed by atoms with Gasteiger partial charge in [-0.15, -0.1) is 11.8 Å². The number of nitrogens with zero attached hydrogens (tertiary/aromatic N) is 2. The van der Waals surface area contributed by atoms with Gasteiger partial charge in [0.05, 0.1) is 5.75 Å². The maximum Gasteiger partial charge on any atom is 0.230 e. The Bertz CT molecular complexity index is 518. The summed E-state index contributed by atoms with van der Waals surface area (Å²) < 4.78 is 6.25. The highest BCUT2D eigenvalue weighted by Crippen LogP contribution is 2.29. The predicted molar refractivity (Wildman–Crippen MR) is 75.5 cm³/mol. The van der Waals surface area contributed by atoms with Crippen LogP contribution in [0, 0.1) is 0 Å². The zero-order chi connectivity index (χ0) is 13.0. The number of hydrogen-bond donors (Lipinski definition) is 1. The molecule has 1 atom stereocenters. The third-order valence-corrected chi connectivity index (χ3v) is 4.48. The molecule has 0 amide bonds. The minimum absolute atomic E-state index is 0.111. The van der Waals surface area contributed by atoms with Crippen molar-refractivity contribution in [2.45, 2.75) is 23.5 Å². The van der Waals surface area contributed by atoms with Crippen LogP contribution in [0.15, 0.2) is 38.2 Å². The fourth-order valence-electron chi connectivity index (χ4n) is 1.33. The molecule has 2 N–H and O–H groups in total. The van der Waals surface area contributed by atoms with Crippen LogP contribution >= 0.6 is 27.7 Å². The highest BCUT2D eigenvalue weighted by atomic mass is 79.9. The Labute approximate surface area is 118 Å². The molecule has 2 aromatic rings. The van der Waals surface area contributed by atoms with Crippen molar-refractivity contribution in [3.05, 3.63) is 40.5 Å². The van der Waals surface area contributed by atoms with E-state index in [9.17, 15) is 0 Å². The van der Waals surface area contributed by atoms with Crippen molar-refractivity contribution in [1.29, 1.82) is 0 Å². The number of nitrogens with two attached hydrogens (primary N) is 1. The summed E-state index contributed by atoms with van der Waals surface area (Å²) in [5.74, 6) is 2.11. The zero-order valence-corrected chi connectivity index (χ0v) is 12.4. The topological polar surface area (TPSA) is 64.9 Å². The molecule has 6 heteroatoms. The normalized spacial score (nSPS) is 12.6. The van der Waals surface area contributed by atoms with E-state index in [0.717, 1.165) is 9.37 Å². The molecule has 0 saturated carbocycles. The molecule has 1 heterocycles. The molecule has 1 aromatic carbocycles. The lowest BCUT2D eigenvalue weighted by atomic mass is 10.2. The summed E-state index contributed by atoms with van der Waals surface area (Å²) in [5.41, 5.74) is 5.56. The lowest BCUT2D eigenvalue weighted by molar-refractivity contribution is 0.358. The summed E-state index contributed by atoms with van der Waals surface area (Å²) in [6.07, 6.45) is 0. The van der Waals surface area contributed by atoms with Gasteiger partial charge in [-0.3, -0.25) is 0 Å². The second-order valence-electron chi connectivity index (χ2n) is 3.90. The Morgan fingerprint density at radius 3 is 2.94 bits per heavy atom. The number of aromatic nitrogens is 2. The van der Waals surface area contributed by atoms with E-state index in [4.69, 9.17) is 10.3 Å². The molecule has 0 aliphatic rings. The highest BCUT2D eigenvalue weighted by Gasteiger charge is 2.13. The molecule has 18 heavy (non-hydrogen) atoms. The average Bonchev–Trinajstić information content (AvgIpc) is 2.86. The lowest BCUT2D eigenvalue weighted by Crippen LogP contribution is -2.09. The van der Waals surface area contributed by atoms with Crippen molar-refractivity contribution in [3.63, 3.8) is 0 Å². The van der Waals surface area contributed by atoms with E-state index < -0.39 is 0 Å². The summed E-state index contributed by atoms with van der Waals surface area (Å²) in [6.45, 7) is 2.48. The van der Waals surface area contributed by atoms with Crippen molar-refractivity contribution < 1.29 is 4.52 Å². The van der Waals surface area contributed by atoms with Crippen LogP contribution in [0.1, 0.15) is 24.6 Å². The Balaban J connectivity index is 1.98. The van der Waals surface area contributed by atoms with Gasteiger partial charge in [0.25, 0.3) is 0 Å². The molecule has 0 saturated heterocycles. The maximum absolute atomic E-state index is 5.56. The first kappa shape index (κ1) is 13.6. The van der Waals surface area contributed by atoms with Crippen LogP contribution in [0.25, 0.3) is 0 Å². The molecule has 0 radical (unpaired) electrons. The summed E-state index contributed by atoms with van der Waals surface area (Å²) >= 11 is 5.18. The number of thioether (sulfide) groups is 1. The molecule has 0 fully saturated rings. The first-order chi connectivity index (χ1) is 8.70. The van der Waals surface area contributed by atoms with E-state index in [0.29, 0.717) is 24.0 Å². The van der Waals surface area contributed by atoms with Crippen molar-refractivity contribution in [3.8, 4) is 0 Å². The minimum atomic E-state index is 0.111. The third-order valence-electron chi connectivity index (χ3n) is 2.45. The fraction of sp³-hybridized carbons (Fsp3) is 0.333. The molecular weight excluding hydrogens is 314 g/mol. The summed E-state index contributed by atoms with van der Waals surface area (Å²) in [4.78, 5) is 5.49. The number of rotatable bonds is 5. The summed E-state index contributed by atoms with van der Waals surface area (Å²) in [6, 6.07) is 8.06. The predicted octanol–water partition coefficient (Wildman–Crippen LogP) is 3.19. The van der Waals surface area contributed by atoms with Gasteiger partial charge in [0.2, 0.25) is 5.89 Å². The Morgan fingerprint density at radius 1 is 1.44 bits per heavy atom. The molecule has 0 spiro atoms. The van der Waals surface area contributed by atoms with Gasteiger partial charge in [-0.2, -0.15) is 4.98 Å². The smallest absolute Gasteiger partial charge is 0.230 e. The first-order valence-electron chi connectivity index (χ1n) is 5.60. The average molecular weight is 328 g/mol. The van der Waals surface area contributed by atoms with Crippen molar-refractivity contribution in [2.75, 3.05) is 6.54 Å². The van der Waals surface area contributed by atoms with Crippen LogP contribution in [-0.2, 0) is 5.75 Å². The quantitative estimate of drug-likeness (QED) is 0.854. The Kier molecular flexibility index (Phi) is 4.79. The van der Waals surface area contributed by atoms with E-state index >= 15 is 0 Å². The Hall–Kier alpha value is -0.850. The van der Waals surface area contributed by atoms with Gasteiger partial charge in [0.15, 0.2) is 5.82 Å². The van der Waals surface area contributed by atoms with E-state index in [1.165, 1.54) is 0 Å². The maximum atomic E-state index is 5.56. The summed E-state index contributed by atoms with van der Waals surface area (Å²) in [5, 5.41) is 3.95. The molecule has 96 valence electrons. The van der Waals surface area contributed by atoms with E-state index in [1.54, 1.807) is 11.8 Å². The molecule has 4 nitrogen and oxygen atoms in total. The second kappa shape index (κ2) is 6.36. The van der Waals surface area contributed by atoms with Gasteiger partial charge in [-0.25, -0.2) is 0 Å². The van der Waals surface area contributed by atoms with Crippen LogP contribution in [0.4, 0.5) is 0 Å². The SMILES string of the molecule is CC(CN)c1nc(CSc2ccccc2Br)no1.